The lowest BCUT2D eigenvalue weighted by Crippen LogP contribution is -1.96. The summed E-state index contributed by atoms with van der Waals surface area (Å²) in [6.07, 6.45) is 2.43. The molecule has 2 nitrogen and oxygen atoms in total. The third kappa shape index (κ3) is 2.43. The molecule has 0 N–H and O–H groups in total. The zero-order chi connectivity index (χ0) is 11.8. The third-order valence-electron chi connectivity index (χ3n) is 2.80. The van der Waals surface area contributed by atoms with Crippen LogP contribution in [0.15, 0.2) is 39.4 Å². The van der Waals surface area contributed by atoms with Crippen LogP contribution in [0.3, 0.4) is 0 Å². The highest BCUT2D eigenvalue weighted by Crippen LogP contribution is 2.39. The molecule has 0 aliphatic heterocycles. The van der Waals surface area contributed by atoms with E-state index in [1.807, 2.05) is 24.3 Å². The van der Waals surface area contributed by atoms with E-state index in [-0.39, 0.29) is 0 Å². The molecule has 2 aromatic rings. The van der Waals surface area contributed by atoms with Gasteiger partial charge in [-0.2, -0.15) is 0 Å². The average Bonchev–Trinajstić information content (AvgIpc) is 3.12. The first-order valence-electron chi connectivity index (χ1n) is 5.53. The molecule has 17 heavy (non-hydrogen) atoms. The Hall–Kier alpha value is -0.740. The van der Waals surface area contributed by atoms with Gasteiger partial charge in [-0.15, -0.1) is 0 Å². The SMILES string of the molecule is Brc1cc(-c2ccccc2Br)nc(C2CC2)n1. The van der Waals surface area contributed by atoms with Crippen LogP contribution in [0.4, 0.5) is 0 Å². The van der Waals surface area contributed by atoms with Crippen molar-refractivity contribution < 1.29 is 0 Å². The van der Waals surface area contributed by atoms with Crippen molar-refractivity contribution in [3.8, 4) is 11.3 Å². The average molecular weight is 354 g/mol. The number of benzene rings is 1. The Morgan fingerprint density at radius 2 is 1.82 bits per heavy atom. The van der Waals surface area contributed by atoms with Gasteiger partial charge in [-0.05, 0) is 40.9 Å². The van der Waals surface area contributed by atoms with Crippen molar-refractivity contribution in [1.82, 2.24) is 9.97 Å². The fourth-order valence-corrected chi connectivity index (χ4v) is 2.65. The first-order chi connectivity index (χ1) is 8.24. The summed E-state index contributed by atoms with van der Waals surface area (Å²) in [5.41, 5.74) is 2.08. The molecule has 0 saturated heterocycles. The first kappa shape index (κ1) is 11.4. The molecule has 0 bridgehead atoms. The Kier molecular flexibility index (Phi) is 3.01. The topological polar surface area (TPSA) is 25.8 Å². The van der Waals surface area contributed by atoms with Gasteiger partial charge >= 0.3 is 0 Å². The van der Waals surface area contributed by atoms with Crippen molar-refractivity contribution in [3.63, 3.8) is 0 Å². The van der Waals surface area contributed by atoms with E-state index in [0.717, 1.165) is 26.2 Å². The fourth-order valence-electron chi connectivity index (χ4n) is 1.77. The third-order valence-corrected chi connectivity index (χ3v) is 3.90. The Labute approximate surface area is 117 Å². The maximum atomic E-state index is 4.66. The number of nitrogens with zero attached hydrogens (tertiary/aromatic N) is 2. The van der Waals surface area contributed by atoms with Gasteiger partial charge < -0.3 is 0 Å². The second-order valence-electron chi connectivity index (χ2n) is 4.19. The Morgan fingerprint density at radius 3 is 2.53 bits per heavy atom. The van der Waals surface area contributed by atoms with Gasteiger partial charge in [0.15, 0.2) is 0 Å². The molecule has 0 amide bonds. The summed E-state index contributed by atoms with van der Waals surface area (Å²) in [7, 11) is 0. The second-order valence-corrected chi connectivity index (χ2v) is 5.86. The van der Waals surface area contributed by atoms with Crippen LogP contribution in [-0.4, -0.2) is 9.97 Å². The Bertz CT molecular complexity index is 565. The highest BCUT2D eigenvalue weighted by molar-refractivity contribution is 9.10. The van der Waals surface area contributed by atoms with Crippen LogP contribution in [0, 0.1) is 0 Å². The lowest BCUT2D eigenvalue weighted by Gasteiger charge is -2.06. The van der Waals surface area contributed by atoms with E-state index in [1.165, 1.54) is 12.8 Å². The minimum absolute atomic E-state index is 0.564. The van der Waals surface area contributed by atoms with Crippen molar-refractivity contribution in [1.29, 1.82) is 0 Å². The molecule has 4 heteroatoms. The predicted octanol–water partition coefficient (Wildman–Crippen LogP) is 4.55. The van der Waals surface area contributed by atoms with E-state index in [9.17, 15) is 0 Å². The molecule has 3 rings (SSSR count). The van der Waals surface area contributed by atoms with Gasteiger partial charge in [0.25, 0.3) is 0 Å². The van der Waals surface area contributed by atoms with Crippen molar-refractivity contribution in [2.75, 3.05) is 0 Å². The Balaban J connectivity index is 2.11. The second kappa shape index (κ2) is 4.50. The van der Waals surface area contributed by atoms with E-state index < -0.39 is 0 Å². The molecule has 1 aromatic heterocycles. The number of halogens is 2. The Morgan fingerprint density at radius 1 is 1.06 bits per heavy atom. The van der Waals surface area contributed by atoms with Crippen LogP contribution in [-0.2, 0) is 0 Å². The predicted molar refractivity (Wildman–Crippen MR) is 74.8 cm³/mol. The van der Waals surface area contributed by atoms with Crippen molar-refractivity contribution >= 4 is 31.9 Å². The summed E-state index contributed by atoms with van der Waals surface area (Å²) in [4.78, 5) is 9.10. The molecule has 1 aliphatic rings. The fraction of sp³-hybridized carbons (Fsp3) is 0.231. The summed E-state index contributed by atoms with van der Waals surface area (Å²) < 4.78 is 1.92. The van der Waals surface area contributed by atoms with E-state index in [0.29, 0.717) is 5.92 Å². The van der Waals surface area contributed by atoms with E-state index in [1.54, 1.807) is 0 Å². The largest absolute Gasteiger partial charge is 0.232 e. The molecule has 1 aromatic carbocycles. The molecule has 0 unspecified atom stereocenters. The van der Waals surface area contributed by atoms with Gasteiger partial charge in [0.2, 0.25) is 0 Å². The molecule has 1 saturated carbocycles. The van der Waals surface area contributed by atoms with Gasteiger partial charge in [-0.1, -0.05) is 34.1 Å². The number of hydrogen-bond donors (Lipinski definition) is 0. The minimum atomic E-state index is 0.564. The van der Waals surface area contributed by atoms with Crippen LogP contribution < -0.4 is 0 Å². The van der Waals surface area contributed by atoms with E-state index in [2.05, 4.69) is 47.9 Å². The smallest absolute Gasteiger partial charge is 0.133 e. The molecule has 86 valence electrons. The summed E-state index contributed by atoms with van der Waals surface area (Å²) in [6.45, 7) is 0. The minimum Gasteiger partial charge on any atom is -0.232 e. The van der Waals surface area contributed by atoms with Crippen LogP contribution >= 0.6 is 31.9 Å². The zero-order valence-corrected chi connectivity index (χ0v) is 12.2. The molecule has 1 aliphatic carbocycles. The van der Waals surface area contributed by atoms with Gasteiger partial charge in [-0.25, -0.2) is 9.97 Å². The maximum absolute atomic E-state index is 4.66. The van der Waals surface area contributed by atoms with Gasteiger partial charge in [-0.3, -0.25) is 0 Å². The van der Waals surface area contributed by atoms with Crippen molar-refractivity contribution in [2.45, 2.75) is 18.8 Å². The van der Waals surface area contributed by atoms with Crippen molar-refractivity contribution in [3.05, 3.63) is 45.2 Å². The summed E-state index contributed by atoms with van der Waals surface area (Å²) in [6, 6.07) is 10.1. The maximum Gasteiger partial charge on any atom is 0.133 e. The van der Waals surface area contributed by atoms with Gasteiger partial charge in [0, 0.05) is 16.0 Å². The zero-order valence-electron chi connectivity index (χ0n) is 9.03. The standard InChI is InChI=1S/C13H10Br2N2/c14-10-4-2-1-3-9(10)11-7-12(15)17-13(16-11)8-5-6-8/h1-4,7-8H,5-6H2. The number of aromatic nitrogens is 2. The molecule has 1 heterocycles. The molecule has 0 spiro atoms. The lowest BCUT2D eigenvalue weighted by molar-refractivity contribution is 0.919. The van der Waals surface area contributed by atoms with Crippen molar-refractivity contribution in [2.24, 2.45) is 0 Å². The van der Waals surface area contributed by atoms with Gasteiger partial charge in [0.1, 0.15) is 10.4 Å². The number of hydrogen-bond acceptors (Lipinski definition) is 2. The summed E-state index contributed by atoms with van der Waals surface area (Å²) >= 11 is 7.02. The van der Waals surface area contributed by atoms with E-state index in [4.69, 9.17) is 0 Å². The van der Waals surface area contributed by atoms with Crippen LogP contribution in [0.25, 0.3) is 11.3 Å². The van der Waals surface area contributed by atoms with Crippen LogP contribution in [0.5, 0.6) is 0 Å². The van der Waals surface area contributed by atoms with Gasteiger partial charge in [0.05, 0.1) is 5.69 Å². The monoisotopic (exact) mass is 352 g/mol. The van der Waals surface area contributed by atoms with Crippen LogP contribution in [0.2, 0.25) is 0 Å². The molecular weight excluding hydrogens is 344 g/mol. The van der Waals surface area contributed by atoms with Crippen LogP contribution in [0.1, 0.15) is 24.6 Å². The van der Waals surface area contributed by atoms with E-state index >= 15 is 0 Å². The molecule has 0 radical (unpaired) electrons. The summed E-state index contributed by atoms with van der Waals surface area (Å²) in [5.74, 6) is 1.53. The first-order valence-corrected chi connectivity index (χ1v) is 7.12. The normalized spacial score (nSPS) is 14.9. The number of rotatable bonds is 2. The highest BCUT2D eigenvalue weighted by Gasteiger charge is 2.27. The molecular formula is C13H10Br2N2. The highest BCUT2D eigenvalue weighted by atomic mass is 79.9. The summed E-state index contributed by atoms with van der Waals surface area (Å²) in [5, 5.41) is 0. The quantitative estimate of drug-likeness (QED) is 0.740. The molecule has 0 atom stereocenters. The lowest BCUT2D eigenvalue weighted by atomic mass is 10.1. The molecule has 1 fully saturated rings.